The highest BCUT2D eigenvalue weighted by Crippen LogP contribution is 2.57. The average molecular weight is 425 g/mol. The van der Waals surface area contributed by atoms with Gasteiger partial charge in [0.05, 0.1) is 0 Å². The van der Waals surface area contributed by atoms with E-state index in [1.807, 2.05) is 18.2 Å². The van der Waals surface area contributed by atoms with Gasteiger partial charge in [-0.2, -0.15) is 4.98 Å². The van der Waals surface area contributed by atoms with Crippen LogP contribution >= 0.6 is 11.6 Å². The Morgan fingerprint density at radius 3 is 2.90 bits per heavy atom. The second-order valence-corrected chi connectivity index (χ2v) is 8.28. The van der Waals surface area contributed by atoms with Gasteiger partial charge in [0.2, 0.25) is 11.5 Å². The number of rotatable bonds is 4. The van der Waals surface area contributed by atoms with E-state index in [0.717, 1.165) is 29.6 Å². The first kappa shape index (κ1) is 17.6. The van der Waals surface area contributed by atoms with Gasteiger partial charge in [0.15, 0.2) is 11.3 Å². The van der Waals surface area contributed by atoms with E-state index < -0.39 is 0 Å². The van der Waals surface area contributed by atoms with Crippen LogP contribution in [0, 0.1) is 11.8 Å². The Kier molecular flexibility index (Phi) is 3.73. The van der Waals surface area contributed by atoms with Crippen molar-refractivity contribution in [3.63, 3.8) is 0 Å². The molecule has 30 heavy (non-hydrogen) atoms. The summed E-state index contributed by atoms with van der Waals surface area (Å²) >= 11 is 6.11. The third-order valence-electron chi connectivity index (χ3n) is 6.05. The van der Waals surface area contributed by atoms with Crippen molar-refractivity contribution in [2.75, 3.05) is 18.0 Å². The average Bonchev–Trinajstić information content (AvgIpc) is 3.16. The zero-order valence-electron chi connectivity index (χ0n) is 16.0. The topological polar surface area (TPSA) is 108 Å². The second-order valence-electron chi connectivity index (χ2n) is 7.85. The summed E-state index contributed by atoms with van der Waals surface area (Å²) in [4.78, 5) is 23.7. The number of anilines is 1. The third kappa shape index (κ3) is 2.71. The van der Waals surface area contributed by atoms with Crippen LogP contribution in [0.15, 0.2) is 39.9 Å². The molecule has 1 aromatic carbocycles. The first-order valence-corrected chi connectivity index (χ1v) is 10.0. The van der Waals surface area contributed by atoms with Crippen LogP contribution in [-0.2, 0) is 13.6 Å². The van der Waals surface area contributed by atoms with Crippen molar-refractivity contribution >= 4 is 28.5 Å². The molecule has 6 rings (SSSR count). The minimum absolute atomic E-state index is 0.163. The minimum atomic E-state index is -0.243. The van der Waals surface area contributed by atoms with Gasteiger partial charge in [-0.05, 0) is 30.0 Å². The monoisotopic (exact) mass is 424 g/mol. The molecular formula is C19H17ClN8O2. The molecule has 0 bridgehead atoms. The molecule has 0 spiro atoms. The van der Waals surface area contributed by atoms with E-state index in [4.69, 9.17) is 16.1 Å². The number of fused-ring (bicyclic) bond motifs is 2. The number of piperidine rings is 1. The maximum Gasteiger partial charge on any atom is 0.281 e. The van der Waals surface area contributed by atoms with E-state index in [2.05, 4.69) is 36.4 Å². The number of nitrogens with zero attached hydrogens (tertiary/aromatic N) is 8. The Morgan fingerprint density at radius 2 is 2.10 bits per heavy atom. The van der Waals surface area contributed by atoms with Crippen molar-refractivity contribution in [1.82, 2.24) is 34.7 Å². The van der Waals surface area contributed by atoms with Gasteiger partial charge in [0.1, 0.15) is 12.9 Å². The van der Waals surface area contributed by atoms with Crippen LogP contribution < -0.4 is 10.5 Å². The zero-order valence-corrected chi connectivity index (χ0v) is 16.8. The predicted molar refractivity (Wildman–Crippen MR) is 107 cm³/mol. The molecule has 1 aliphatic carbocycles. The molecule has 3 aromatic heterocycles. The van der Waals surface area contributed by atoms with Crippen molar-refractivity contribution < 1.29 is 4.52 Å². The molecule has 152 valence electrons. The molecule has 2 fully saturated rings. The van der Waals surface area contributed by atoms with Crippen LogP contribution in [0.2, 0.25) is 5.02 Å². The largest absolute Gasteiger partial charge is 0.371 e. The fourth-order valence-corrected chi connectivity index (χ4v) is 4.68. The number of benzene rings is 1. The summed E-state index contributed by atoms with van der Waals surface area (Å²) in [6, 6.07) is 7.93. The number of hydrogen-bond donors (Lipinski definition) is 0. The molecule has 2 aliphatic rings. The van der Waals surface area contributed by atoms with Crippen LogP contribution in [0.4, 0.5) is 5.69 Å². The summed E-state index contributed by atoms with van der Waals surface area (Å²) in [7, 11) is 1.66. The Balaban J connectivity index is 1.17. The molecule has 1 saturated carbocycles. The molecule has 0 radical (unpaired) electrons. The van der Waals surface area contributed by atoms with Gasteiger partial charge in [-0.1, -0.05) is 28.0 Å². The molecule has 0 unspecified atom stereocenters. The normalized spacial score (nSPS) is 22.6. The zero-order chi connectivity index (χ0) is 20.4. The third-order valence-corrected chi connectivity index (χ3v) is 6.28. The highest BCUT2D eigenvalue weighted by molar-refractivity contribution is 6.30. The van der Waals surface area contributed by atoms with Crippen molar-refractivity contribution in [3.8, 4) is 0 Å². The lowest BCUT2D eigenvalue weighted by molar-refractivity contribution is 0.363. The van der Waals surface area contributed by atoms with Crippen LogP contribution in [-0.4, -0.2) is 47.8 Å². The summed E-state index contributed by atoms with van der Waals surface area (Å²) in [5.41, 5.74) is 1.57. The van der Waals surface area contributed by atoms with E-state index in [9.17, 15) is 4.79 Å². The molecule has 10 nitrogen and oxygen atoms in total. The number of aryl methyl sites for hydroxylation is 1. The molecule has 1 aliphatic heterocycles. The van der Waals surface area contributed by atoms with Gasteiger partial charge < -0.3 is 9.42 Å². The lowest BCUT2D eigenvalue weighted by Gasteiger charge is -2.21. The van der Waals surface area contributed by atoms with Gasteiger partial charge in [0, 0.05) is 36.8 Å². The maximum absolute atomic E-state index is 12.6. The number of halogens is 1. The van der Waals surface area contributed by atoms with Crippen molar-refractivity contribution in [1.29, 1.82) is 0 Å². The molecule has 0 N–H and O–H groups in total. The van der Waals surface area contributed by atoms with E-state index in [1.165, 1.54) is 15.6 Å². The Bertz CT molecular complexity index is 1320. The Morgan fingerprint density at radius 1 is 1.27 bits per heavy atom. The fraction of sp³-hybridized carbons (Fsp3) is 0.368. The quantitative estimate of drug-likeness (QED) is 0.484. The molecular weight excluding hydrogens is 408 g/mol. The van der Waals surface area contributed by atoms with Crippen molar-refractivity contribution in [2.45, 2.75) is 12.5 Å². The van der Waals surface area contributed by atoms with Crippen LogP contribution in [0.25, 0.3) is 11.2 Å². The molecule has 4 aromatic rings. The van der Waals surface area contributed by atoms with Crippen molar-refractivity contribution in [2.24, 2.45) is 18.9 Å². The molecule has 1 saturated heterocycles. The van der Waals surface area contributed by atoms with Crippen LogP contribution in [0.5, 0.6) is 0 Å². The van der Waals surface area contributed by atoms with E-state index in [0.29, 0.717) is 34.8 Å². The highest BCUT2D eigenvalue weighted by Gasteiger charge is 2.58. The summed E-state index contributed by atoms with van der Waals surface area (Å²) in [5.74, 6) is 2.43. The van der Waals surface area contributed by atoms with Gasteiger partial charge in [-0.25, -0.2) is 9.67 Å². The SMILES string of the molecule is Cn1nnc2ncn(Cc3nc([C@@H]4[C@@H]5CN(c6cccc(Cl)c6)C[C@@H]54)no3)c(=O)c21. The summed E-state index contributed by atoms with van der Waals surface area (Å²) in [6.45, 7) is 2.07. The van der Waals surface area contributed by atoms with Gasteiger partial charge in [0.25, 0.3) is 5.56 Å². The first-order chi connectivity index (χ1) is 14.6. The minimum Gasteiger partial charge on any atom is -0.371 e. The predicted octanol–water partition coefficient (Wildman–Crippen LogP) is 1.46. The van der Waals surface area contributed by atoms with Gasteiger partial charge >= 0.3 is 0 Å². The maximum atomic E-state index is 12.6. The molecule has 3 atom stereocenters. The fourth-order valence-electron chi connectivity index (χ4n) is 4.50. The Labute approximate surface area is 175 Å². The summed E-state index contributed by atoms with van der Waals surface area (Å²) < 4.78 is 8.27. The second kappa shape index (κ2) is 6.36. The molecule has 4 heterocycles. The standard InChI is InChI=1S/C19H17ClN8O2/c1-26-16-18(23-25-26)21-9-28(19(16)29)8-14-22-17(24-30-14)15-12-6-27(7-13(12)15)11-4-2-3-10(20)5-11/h2-5,9,12-13,15H,6-8H2,1H3/t12-,13+,15-. The molecule has 11 heteroatoms. The van der Waals surface area contributed by atoms with Gasteiger partial charge in [-0.3, -0.25) is 9.36 Å². The van der Waals surface area contributed by atoms with Crippen molar-refractivity contribution in [3.05, 3.63) is 57.7 Å². The lowest BCUT2D eigenvalue weighted by atomic mass is 10.2. The van der Waals surface area contributed by atoms with Crippen LogP contribution in [0.3, 0.4) is 0 Å². The highest BCUT2D eigenvalue weighted by atomic mass is 35.5. The van der Waals surface area contributed by atoms with E-state index in [1.54, 1.807) is 7.05 Å². The smallest absolute Gasteiger partial charge is 0.281 e. The number of aromatic nitrogens is 7. The number of hydrogen-bond acceptors (Lipinski definition) is 8. The molecule has 0 amide bonds. The van der Waals surface area contributed by atoms with Gasteiger partial charge in [-0.15, -0.1) is 5.10 Å². The van der Waals surface area contributed by atoms with E-state index in [-0.39, 0.29) is 12.1 Å². The lowest BCUT2D eigenvalue weighted by Crippen LogP contribution is -2.23. The van der Waals surface area contributed by atoms with E-state index >= 15 is 0 Å². The Hall–Kier alpha value is -3.27. The first-order valence-electron chi connectivity index (χ1n) is 9.66. The summed E-state index contributed by atoms with van der Waals surface area (Å²) in [6.07, 6.45) is 1.43. The summed E-state index contributed by atoms with van der Waals surface area (Å²) in [5, 5.41) is 12.6. The van der Waals surface area contributed by atoms with Crippen LogP contribution in [0.1, 0.15) is 17.6 Å².